The summed E-state index contributed by atoms with van der Waals surface area (Å²) in [7, 11) is 0. The quantitative estimate of drug-likeness (QED) is 0.694. The van der Waals surface area contributed by atoms with Crippen molar-refractivity contribution in [3.63, 3.8) is 0 Å². The highest BCUT2D eigenvalue weighted by atomic mass is 32.1. The minimum atomic E-state index is -0.215. The first-order valence-electron chi connectivity index (χ1n) is 8.58. The van der Waals surface area contributed by atoms with Crippen molar-refractivity contribution in [2.24, 2.45) is 0 Å². The van der Waals surface area contributed by atoms with Crippen molar-refractivity contribution < 1.29 is 13.7 Å². The van der Waals surface area contributed by atoms with Crippen molar-refractivity contribution in [2.75, 3.05) is 19.7 Å². The van der Waals surface area contributed by atoms with Crippen LogP contribution in [0.3, 0.4) is 0 Å². The zero-order chi connectivity index (χ0) is 17.0. The smallest absolute Gasteiger partial charge is 0.268 e. The van der Waals surface area contributed by atoms with Crippen molar-refractivity contribution in [1.29, 1.82) is 0 Å². The first-order chi connectivity index (χ1) is 12.2. The highest BCUT2D eigenvalue weighted by Gasteiger charge is 2.35. The number of hydrogen-bond acceptors (Lipinski definition) is 6. The summed E-state index contributed by atoms with van der Waals surface area (Å²) in [4.78, 5) is 7.84. The summed E-state index contributed by atoms with van der Waals surface area (Å²) in [6, 6.07) is 5.65. The van der Waals surface area contributed by atoms with E-state index < -0.39 is 0 Å². The number of benzene rings is 1. The number of hydrogen-bond donors (Lipinski definition) is 0. The van der Waals surface area contributed by atoms with Gasteiger partial charge in [-0.25, -0.2) is 4.39 Å². The molecule has 3 aromatic rings. The van der Waals surface area contributed by atoms with E-state index >= 15 is 0 Å². The molecule has 0 bridgehead atoms. The van der Waals surface area contributed by atoms with Crippen molar-refractivity contribution in [2.45, 2.75) is 31.9 Å². The monoisotopic (exact) mass is 359 g/mol. The van der Waals surface area contributed by atoms with Crippen LogP contribution in [-0.4, -0.2) is 40.8 Å². The van der Waals surface area contributed by atoms with Crippen molar-refractivity contribution in [3.05, 3.63) is 35.4 Å². The molecule has 5 rings (SSSR count). The molecule has 0 saturated carbocycles. The van der Waals surface area contributed by atoms with Gasteiger partial charge in [0.2, 0.25) is 5.82 Å². The van der Waals surface area contributed by atoms with Gasteiger partial charge in [0.1, 0.15) is 11.9 Å². The van der Waals surface area contributed by atoms with E-state index in [4.69, 9.17) is 9.26 Å². The first-order valence-corrected chi connectivity index (χ1v) is 9.39. The van der Waals surface area contributed by atoms with Gasteiger partial charge in [-0.2, -0.15) is 4.98 Å². The van der Waals surface area contributed by atoms with Gasteiger partial charge in [0.15, 0.2) is 0 Å². The lowest BCUT2D eigenvalue weighted by Crippen LogP contribution is -2.42. The average molecular weight is 359 g/mol. The van der Waals surface area contributed by atoms with E-state index in [0.29, 0.717) is 23.1 Å². The largest absolute Gasteiger partial charge is 0.367 e. The van der Waals surface area contributed by atoms with E-state index in [1.807, 2.05) is 13.0 Å². The van der Waals surface area contributed by atoms with E-state index in [-0.39, 0.29) is 11.9 Å². The maximum atomic E-state index is 14.1. The van der Waals surface area contributed by atoms with Gasteiger partial charge in [-0.3, -0.25) is 4.90 Å². The summed E-state index contributed by atoms with van der Waals surface area (Å²) < 4.78 is 26.4. The van der Waals surface area contributed by atoms with Crippen LogP contribution in [-0.2, 0) is 4.74 Å². The van der Waals surface area contributed by atoms with Crippen LogP contribution in [0.5, 0.6) is 0 Å². The number of aryl methyl sites for hydroxylation is 1. The van der Waals surface area contributed by atoms with Crippen LogP contribution in [0.15, 0.2) is 22.7 Å². The molecule has 0 spiro atoms. The Bertz CT molecular complexity index is 938. The molecule has 25 heavy (non-hydrogen) atoms. The summed E-state index contributed by atoms with van der Waals surface area (Å²) >= 11 is 1.48. The van der Waals surface area contributed by atoms with Crippen LogP contribution < -0.4 is 0 Å². The molecule has 2 atom stereocenters. The van der Waals surface area contributed by atoms with Gasteiger partial charge >= 0.3 is 0 Å². The number of aromatic nitrogens is 2. The molecule has 0 N–H and O–H groups in total. The fourth-order valence-corrected chi connectivity index (χ4v) is 5.03. The maximum absolute atomic E-state index is 14.1. The van der Waals surface area contributed by atoms with E-state index in [1.165, 1.54) is 30.2 Å². The third-order valence-electron chi connectivity index (χ3n) is 5.22. The van der Waals surface area contributed by atoms with Crippen LogP contribution in [0.4, 0.5) is 4.39 Å². The second-order valence-corrected chi connectivity index (χ2v) is 7.79. The van der Waals surface area contributed by atoms with E-state index in [2.05, 4.69) is 15.0 Å². The molecule has 2 aliphatic heterocycles. The molecule has 1 aromatic carbocycles. The van der Waals surface area contributed by atoms with Crippen LogP contribution in [0.25, 0.3) is 20.9 Å². The third-order valence-corrected chi connectivity index (χ3v) is 6.46. The fraction of sp³-hybridized carbons (Fsp3) is 0.444. The van der Waals surface area contributed by atoms with Crippen molar-refractivity contribution in [1.82, 2.24) is 15.0 Å². The lowest BCUT2D eigenvalue weighted by atomic mass is 10.1. The Morgan fingerprint density at radius 2 is 2.28 bits per heavy atom. The number of morpholine rings is 1. The normalized spacial score (nSPS) is 24.1. The molecule has 0 aliphatic carbocycles. The number of ether oxygens (including phenoxy) is 1. The minimum Gasteiger partial charge on any atom is -0.367 e. The zero-order valence-corrected chi connectivity index (χ0v) is 14.7. The Balaban J connectivity index is 1.47. The number of rotatable bonds is 2. The summed E-state index contributed by atoms with van der Waals surface area (Å²) in [6.45, 7) is 4.54. The molecular formula is C18H18FN3O2S. The van der Waals surface area contributed by atoms with Gasteiger partial charge in [-0.05, 0) is 44.0 Å². The molecule has 2 unspecified atom stereocenters. The Hall–Kier alpha value is -1.83. The van der Waals surface area contributed by atoms with Crippen molar-refractivity contribution in [3.8, 4) is 10.8 Å². The summed E-state index contributed by atoms with van der Waals surface area (Å²) in [5.74, 6) is 0.811. The van der Waals surface area contributed by atoms with E-state index in [0.717, 1.165) is 34.8 Å². The summed E-state index contributed by atoms with van der Waals surface area (Å²) in [5.41, 5.74) is 0.845. The first kappa shape index (κ1) is 15.4. The third kappa shape index (κ3) is 2.49. The molecule has 7 heteroatoms. The standard InChI is InChI=1S/C18H18FN3O2S/c1-10-15-12(19)5-2-6-14(15)25-16(10)18-20-17(21-24-18)13-8-22-7-3-4-11(22)9-23-13/h2,5-6,11,13H,3-4,7-9H2,1H3. The average Bonchev–Trinajstić information content (AvgIpc) is 3.32. The SMILES string of the molecule is Cc1c(-c2nc(C3CN4CCCC4CO3)no2)sc2cccc(F)c12. The van der Waals surface area contributed by atoms with Crippen LogP contribution in [0, 0.1) is 12.7 Å². The number of thiophene rings is 1. The fourth-order valence-electron chi connectivity index (χ4n) is 3.89. The second-order valence-electron chi connectivity index (χ2n) is 6.74. The molecule has 2 fully saturated rings. The predicted octanol–water partition coefficient (Wildman–Crippen LogP) is 3.93. The molecular weight excluding hydrogens is 341 g/mol. The van der Waals surface area contributed by atoms with Gasteiger partial charge < -0.3 is 9.26 Å². The Morgan fingerprint density at radius 1 is 1.36 bits per heavy atom. The van der Waals surface area contributed by atoms with Gasteiger partial charge in [-0.1, -0.05) is 11.2 Å². The number of halogens is 1. The molecule has 5 nitrogen and oxygen atoms in total. The predicted molar refractivity (Wildman–Crippen MR) is 93.1 cm³/mol. The lowest BCUT2D eigenvalue weighted by Gasteiger charge is -2.33. The van der Waals surface area contributed by atoms with E-state index in [9.17, 15) is 4.39 Å². The van der Waals surface area contributed by atoms with Crippen LogP contribution in [0.1, 0.15) is 30.3 Å². The molecule has 2 aliphatic rings. The van der Waals surface area contributed by atoms with Gasteiger partial charge in [0, 0.05) is 22.7 Å². The number of nitrogens with zero attached hydrogens (tertiary/aromatic N) is 3. The van der Waals surface area contributed by atoms with Gasteiger partial charge in [-0.15, -0.1) is 11.3 Å². The molecule has 0 radical (unpaired) electrons. The van der Waals surface area contributed by atoms with Crippen molar-refractivity contribution >= 4 is 21.4 Å². The number of fused-ring (bicyclic) bond motifs is 2. The molecule has 2 saturated heterocycles. The Labute approximate surface area is 148 Å². The van der Waals surface area contributed by atoms with Gasteiger partial charge in [0.05, 0.1) is 11.5 Å². The van der Waals surface area contributed by atoms with Crippen LogP contribution >= 0.6 is 11.3 Å². The molecule has 4 heterocycles. The topological polar surface area (TPSA) is 51.4 Å². The zero-order valence-electron chi connectivity index (χ0n) is 13.9. The molecule has 2 aromatic heterocycles. The second kappa shape index (κ2) is 5.86. The van der Waals surface area contributed by atoms with Gasteiger partial charge in [0.25, 0.3) is 5.89 Å². The summed E-state index contributed by atoms with van der Waals surface area (Å²) in [5, 5.41) is 4.77. The highest BCUT2D eigenvalue weighted by molar-refractivity contribution is 7.22. The maximum Gasteiger partial charge on any atom is 0.268 e. The van der Waals surface area contributed by atoms with E-state index in [1.54, 1.807) is 6.07 Å². The minimum absolute atomic E-state index is 0.154. The lowest BCUT2D eigenvalue weighted by molar-refractivity contribution is -0.0548. The van der Waals surface area contributed by atoms with Crippen LogP contribution in [0.2, 0.25) is 0 Å². The summed E-state index contributed by atoms with van der Waals surface area (Å²) in [6.07, 6.45) is 2.28. The Morgan fingerprint density at radius 3 is 3.16 bits per heavy atom. The highest BCUT2D eigenvalue weighted by Crippen LogP contribution is 2.39. The Kier molecular flexibility index (Phi) is 3.62. The molecule has 130 valence electrons. The molecule has 0 amide bonds.